The van der Waals surface area contributed by atoms with Crippen LogP contribution in [-0.4, -0.2) is 33.6 Å². The van der Waals surface area contributed by atoms with Crippen molar-refractivity contribution in [1.82, 2.24) is 14.9 Å². The Hall–Kier alpha value is -4.90. The highest BCUT2D eigenvalue weighted by Gasteiger charge is 2.26. The number of aromatic nitrogens is 2. The molecule has 0 aliphatic carbocycles. The van der Waals surface area contributed by atoms with Crippen molar-refractivity contribution >= 4 is 11.7 Å². The monoisotopic (exact) mass is 507 g/mol. The largest absolute Gasteiger partial charge is 0.333 e. The van der Waals surface area contributed by atoms with Crippen molar-refractivity contribution in [2.24, 2.45) is 9.98 Å². The normalized spacial score (nSPS) is 15.1. The summed E-state index contributed by atoms with van der Waals surface area (Å²) >= 11 is 0. The SMILES string of the molecule is Cc1cc(C)nc(-c2ccc(-c3cccc(C4=NC(c5ccccc5)N(C)C(c5ccccc5)=N4)c3)cc2)n1. The van der Waals surface area contributed by atoms with Crippen LogP contribution in [0.3, 0.4) is 0 Å². The Bertz CT molecular complexity index is 1650. The molecular formula is C34H29N5. The number of rotatable bonds is 5. The predicted molar refractivity (Wildman–Crippen MR) is 159 cm³/mol. The van der Waals surface area contributed by atoms with Gasteiger partial charge in [-0.05, 0) is 42.7 Å². The number of aryl methyl sites for hydroxylation is 2. The fourth-order valence-corrected chi connectivity index (χ4v) is 4.95. The average molecular weight is 508 g/mol. The van der Waals surface area contributed by atoms with Gasteiger partial charge >= 0.3 is 0 Å². The first-order chi connectivity index (χ1) is 19.0. The molecule has 1 aliphatic rings. The van der Waals surface area contributed by atoms with Crippen molar-refractivity contribution in [3.05, 3.63) is 143 Å². The zero-order valence-electron chi connectivity index (χ0n) is 22.3. The lowest BCUT2D eigenvalue weighted by molar-refractivity contribution is 0.383. The topological polar surface area (TPSA) is 53.7 Å². The van der Waals surface area contributed by atoms with E-state index in [2.05, 4.69) is 107 Å². The Balaban J connectivity index is 1.38. The molecule has 5 aromatic rings. The zero-order valence-corrected chi connectivity index (χ0v) is 22.3. The van der Waals surface area contributed by atoms with Gasteiger partial charge in [-0.25, -0.2) is 20.0 Å². The second kappa shape index (κ2) is 10.5. The standard InChI is InChI=1S/C34H29N5/c1-23-21-24(2)36-31(35-23)26-19-17-25(18-20-26)29-15-10-16-30(22-29)32-37-33(27-11-6-4-7-12-27)39(3)34(38-32)28-13-8-5-9-14-28/h4-22,33H,1-3H3. The van der Waals surface area contributed by atoms with Crippen LogP contribution in [0.15, 0.2) is 125 Å². The molecule has 1 aliphatic heterocycles. The molecule has 0 spiro atoms. The first-order valence-electron chi connectivity index (χ1n) is 13.1. The number of nitrogens with zero attached hydrogens (tertiary/aromatic N) is 5. The molecule has 6 rings (SSSR count). The molecule has 1 aromatic heterocycles. The van der Waals surface area contributed by atoms with Crippen LogP contribution < -0.4 is 0 Å². The average Bonchev–Trinajstić information content (AvgIpc) is 2.98. The van der Waals surface area contributed by atoms with Crippen LogP contribution in [0, 0.1) is 13.8 Å². The molecule has 0 fully saturated rings. The summed E-state index contributed by atoms with van der Waals surface area (Å²) in [6.07, 6.45) is -0.172. The first-order valence-corrected chi connectivity index (χ1v) is 13.1. The third-order valence-corrected chi connectivity index (χ3v) is 6.87. The third-order valence-electron chi connectivity index (χ3n) is 6.87. The predicted octanol–water partition coefficient (Wildman–Crippen LogP) is 7.27. The van der Waals surface area contributed by atoms with E-state index in [1.165, 1.54) is 0 Å². The van der Waals surface area contributed by atoms with Crippen LogP contribution >= 0.6 is 0 Å². The van der Waals surface area contributed by atoms with Crippen molar-refractivity contribution < 1.29 is 0 Å². The van der Waals surface area contributed by atoms with E-state index in [9.17, 15) is 0 Å². The molecule has 4 aromatic carbocycles. The highest BCUT2D eigenvalue weighted by molar-refractivity contribution is 6.13. The number of benzene rings is 4. The minimum Gasteiger partial charge on any atom is -0.333 e. The van der Waals surface area contributed by atoms with E-state index in [1.807, 2.05) is 44.2 Å². The van der Waals surface area contributed by atoms with E-state index in [0.29, 0.717) is 0 Å². The van der Waals surface area contributed by atoms with Gasteiger partial charge in [0.05, 0.1) is 0 Å². The lowest BCUT2D eigenvalue weighted by atomic mass is 10.0. The summed E-state index contributed by atoms with van der Waals surface area (Å²) in [6.45, 7) is 4.00. The highest BCUT2D eigenvalue weighted by Crippen LogP contribution is 2.30. The molecule has 2 heterocycles. The summed E-state index contributed by atoms with van der Waals surface area (Å²) in [5.41, 5.74) is 8.34. The Morgan fingerprint density at radius 3 is 1.85 bits per heavy atom. The van der Waals surface area contributed by atoms with E-state index in [-0.39, 0.29) is 6.17 Å². The van der Waals surface area contributed by atoms with Crippen LogP contribution in [0.1, 0.15) is 34.2 Å². The van der Waals surface area contributed by atoms with Gasteiger partial charge in [-0.2, -0.15) is 0 Å². The molecule has 39 heavy (non-hydrogen) atoms. The van der Waals surface area contributed by atoms with Crippen LogP contribution in [-0.2, 0) is 0 Å². The highest BCUT2D eigenvalue weighted by atomic mass is 15.3. The summed E-state index contributed by atoms with van der Waals surface area (Å²) in [6, 6.07) is 39.5. The van der Waals surface area contributed by atoms with Gasteiger partial charge in [0.25, 0.3) is 0 Å². The molecule has 0 saturated carbocycles. The Kier molecular flexibility index (Phi) is 6.55. The molecule has 1 atom stereocenters. The number of aliphatic imine (C=N–C) groups is 2. The molecular weight excluding hydrogens is 478 g/mol. The van der Waals surface area contributed by atoms with Gasteiger partial charge in [0.1, 0.15) is 12.0 Å². The molecule has 5 heteroatoms. The lowest BCUT2D eigenvalue weighted by Crippen LogP contribution is -2.35. The number of hydrogen-bond acceptors (Lipinski definition) is 5. The first kappa shape index (κ1) is 24.4. The molecule has 0 bridgehead atoms. The minimum atomic E-state index is -0.172. The van der Waals surface area contributed by atoms with E-state index in [4.69, 9.17) is 9.98 Å². The number of hydrogen-bond donors (Lipinski definition) is 0. The second-order valence-corrected chi connectivity index (χ2v) is 9.78. The lowest BCUT2D eigenvalue weighted by Gasteiger charge is -2.32. The van der Waals surface area contributed by atoms with Gasteiger partial charge in [0.15, 0.2) is 11.7 Å². The smallest absolute Gasteiger partial charge is 0.159 e. The summed E-state index contributed by atoms with van der Waals surface area (Å²) in [7, 11) is 2.06. The molecule has 5 nitrogen and oxygen atoms in total. The van der Waals surface area contributed by atoms with Crippen molar-refractivity contribution in [3.63, 3.8) is 0 Å². The van der Waals surface area contributed by atoms with E-state index >= 15 is 0 Å². The fourth-order valence-electron chi connectivity index (χ4n) is 4.95. The van der Waals surface area contributed by atoms with Gasteiger partial charge in [0.2, 0.25) is 0 Å². The zero-order chi connectivity index (χ0) is 26.8. The summed E-state index contributed by atoms with van der Waals surface area (Å²) in [4.78, 5) is 21.5. The van der Waals surface area contributed by atoms with Crippen molar-refractivity contribution in [2.75, 3.05) is 7.05 Å². The summed E-state index contributed by atoms with van der Waals surface area (Å²) < 4.78 is 0. The minimum absolute atomic E-state index is 0.172. The van der Waals surface area contributed by atoms with Gasteiger partial charge in [0, 0.05) is 35.1 Å². The Morgan fingerprint density at radius 1 is 0.564 bits per heavy atom. The van der Waals surface area contributed by atoms with Crippen LogP contribution in [0.25, 0.3) is 22.5 Å². The van der Waals surface area contributed by atoms with Crippen molar-refractivity contribution in [2.45, 2.75) is 20.0 Å². The van der Waals surface area contributed by atoms with E-state index in [0.717, 1.165) is 62.3 Å². The van der Waals surface area contributed by atoms with E-state index in [1.54, 1.807) is 0 Å². The maximum absolute atomic E-state index is 5.12. The summed E-state index contributed by atoms with van der Waals surface area (Å²) in [5.74, 6) is 2.38. The second-order valence-electron chi connectivity index (χ2n) is 9.78. The van der Waals surface area contributed by atoms with Crippen LogP contribution in [0.5, 0.6) is 0 Å². The van der Waals surface area contributed by atoms with Crippen LogP contribution in [0.2, 0.25) is 0 Å². The Morgan fingerprint density at radius 2 is 1.15 bits per heavy atom. The van der Waals surface area contributed by atoms with Crippen LogP contribution in [0.4, 0.5) is 0 Å². The van der Waals surface area contributed by atoms with E-state index < -0.39 is 0 Å². The number of amidine groups is 2. The van der Waals surface area contributed by atoms with Gasteiger partial charge in [-0.15, -0.1) is 0 Å². The molecule has 0 N–H and O–H groups in total. The Labute approximate surface area is 229 Å². The van der Waals surface area contributed by atoms with Gasteiger partial charge in [-0.1, -0.05) is 103 Å². The molecule has 0 amide bonds. The maximum Gasteiger partial charge on any atom is 0.159 e. The summed E-state index contributed by atoms with van der Waals surface area (Å²) in [5, 5.41) is 0. The molecule has 1 unspecified atom stereocenters. The molecule has 0 saturated heterocycles. The molecule has 190 valence electrons. The van der Waals surface area contributed by atoms with Crippen molar-refractivity contribution in [1.29, 1.82) is 0 Å². The van der Waals surface area contributed by atoms with Gasteiger partial charge in [-0.3, -0.25) is 0 Å². The molecule has 0 radical (unpaired) electrons. The van der Waals surface area contributed by atoms with Crippen molar-refractivity contribution in [3.8, 4) is 22.5 Å². The van der Waals surface area contributed by atoms with Gasteiger partial charge < -0.3 is 4.90 Å². The third kappa shape index (κ3) is 5.12. The quantitative estimate of drug-likeness (QED) is 0.251. The fraction of sp³-hybridized carbons (Fsp3) is 0.118. The maximum atomic E-state index is 5.12.